The topological polar surface area (TPSA) is 64.1 Å². The number of likely N-dealkylation sites (N-methyl/N-ethyl adjacent to an activating group) is 1. The molecule has 2 amide bonds. The number of aryl methyl sites for hydroxylation is 1. The highest BCUT2D eigenvalue weighted by molar-refractivity contribution is 6.45. The quantitative estimate of drug-likeness (QED) is 0.682. The fourth-order valence-corrected chi connectivity index (χ4v) is 3.75. The molecule has 158 valence electrons. The second-order valence-electron chi connectivity index (χ2n) is 7.37. The van der Waals surface area contributed by atoms with Crippen LogP contribution in [-0.4, -0.2) is 55.1 Å². The van der Waals surface area contributed by atoms with E-state index in [0.29, 0.717) is 22.5 Å². The van der Waals surface area contributed by atoms with E-state index in [1.165, 1.54) is 4.90 Å². The highest BCUT2D eigenvalue weighted by atomic mass is 16.3. The van der Waals surface area contributed by atoms with E-state index in [2.05, 4.69) is 18.7 Å². The van der Waals surface area contributed by atoms with Crippen LogP contribution < -0.4 is 9.80 Å². The van der Waals surface area contributed by atoms with E-state index in [1.807, 2.05) is 55.5 Å². The van der Waals surface area contributed by atoms with Gasteiger partial charge in [0.25, 0.3) is 11.8 Å². The summed E-state index contributed by atoms with van der Waals surface area (Å²) in [5.41, 5.74) is 4.03. The molecule has 1 aliphatic rings. The van der Waals surface area contributed by atoms with Gasteiger partial charge in [-0.25, -0.2) is 4.90 Å². The van der Waals surface area contributed by atoms with Crippen molar-refractivity contribution < 1.29 is 14.7 Å². The van der Waals surface area contributed by atoms with E-state index >= 15 is 0 Å². The summed E-state index contributed by atoms with van der Waals surface area (Å²) in [6.07, 6.45) is 0. The molecule has 2 aromatic carbocycles. The number of hydrogen-bond acceptors (Lipinski definition) is 5. The monoisotopic (exact) mass is 407 g/mol. The summed E-state index contributed by atoms with van der Waals surface area (Å²) in [5.74, 6) is -0.721. The number of aliphatic hydroxyl groups is 1. The summed E-state index contributed by atoms with van der Waals surface area (Å²) in [6.45, 7) is 8.07. The Morgan fingerprint density at radius 2 is 1.50 bits per heavy atom. The number of rotatable bonds is 8. The SMILES string of the molecule is CCN(CC)c1ccc(N2C(=O)C(c3ccc(C)cc3)=C(N(C)CCO)C2=O)cc1. The lowest BCUT2D eigenvalue weighted by Crippen LogP contribution is -2.35. The van der Waals surface area contributed by atoms with Crippen molar-refractivity contribution in [1.82, 2.24) is 4.90 Å². The molecule has 0 radical (unpaired) electrons. The van der Waals surface area contributed by atoms with Crippen molar-refractivity contribution >= 4 is 28.8 Å². The van der Waals surface area contributed by atoms with Crippen LogP contribution in [0.1, 0.15) is 25.0 Å². The summed E-state index contributed by atoms with van der Waals surface area (Å²) in [6, 6.07) is 15.0. The van der Waals surface area contributed by atoms with E-state index in [9.17, 15) is 14.7 Å². The number of carbonyl (C=O) groups excluding carboxylic acids is 2. The molecule has 6 heteroatoms. The number of nitrogens with zero attached hydrogens (tertiary/aromatic N) is 3. The largest absolute Gasteiger partial charge is 0.395 e. The minimum absolute atomic E-state index is 0.110. The highest BCUT2D eigenvalue weighted by Gasteiger charge is 2.41. The van der Waals surface area contributed by atoms with Gasteiger partial charge in [-0.1, -0.05) is 29.8 Å². The van der Waals surface area contributed by atoms with Gasteiger partial charge in [-0.3, -0.25) is 9.59 Å². The number of imide groups is 1. The van der Waals surface area contributed by atoms with Crippen molar-refractivity contribution in [2.24, 2.45) is 0 Å². The van der Waals surface area contributed by atoms with Crippen molar-refractivity contribution in [1.29, 1.82) is 0 Å². The maximum absolute atomic E-state index is 13.4. The summed E-state index contributed by atoms with van der Waals surface area (Å²) >= 11 is 0. The van der Waals surface area contributed by atoms with Gasteiger partial charge in [0.15, 0.2) is 0 Å². The van der Waals surface area contributed by atoms with Gasteiger partial charge in [-0.15, -0.1) is 0 Å². The van der Waals surface area contributed by atoms with Crippen LogP contribution in [0.25, 0.3) is 5.57 Å². The molecular weight excluding hydrogens is 378 g/mol. The van der Waals surface area contributed by atoms with Crippen molar-refractivity contribution in [3.05, 3.63) is 65.4 Å². The molecule has 0 bridgehead atoms. The molecular formula is C24H29N3O3. The molecule has 0 atom stereocenters. The van der Waals surface area contributed by atoms with Crippen LogP contribution in [0.4, 0.5) is 11.4 Å². The van der Waals surface area contributed by atoms with Crippen LogP contribution in [0.3, 0.4) is 0 Å². The molecule has 0 aromatic heterocycles. The zero-order valence-electron chi connectivity index (χ0n) is 18.1. The molecule has 1 heterocycles. The predicted molar refractivity (Wildman–Crippen MR) is 120 cm³/mol. The van der Waals surface area contributed by atoms with Crippen molar-refractivity contribution in [3.8, 4) is 0 Å². The van der Waals surface area contributed by atoms with Gasteiger partial charge in [0.05, 0.1) is 17.9 Å². The van der Waals surface area contributed by atoms with Crippen LogP contribution in [-0.2, 0) is 9.59 Å². The maximum atomic E-state index is 13.4. The van der Waals surface area contributed by atoms with E-state index in [1.54, 1.807) is 11.9 Å². The number of benzene rings is 2. The molecule has 0 aliphatic carbocycles. The summed E-state index contributed by atoms with van der Waals surface area (Å²) in [4.78, 5) is 31.8. The van der Waals surface area contributed by atoms with Crippen LogP contribution in [0.2, 0.25) is 0 Å². The number of aliphatic hydroxyl groups excluding tert-OH is 1. The molecule has 30 heavy (non-hydrogen) atoms. The first-order valence-corrected chi connectivity index (χ1v) is 10.3. The summed E-state index contributed by atoms with van der Waals surface area (Å²) < 4.78 is 0. The lowest BCUT2D eigenvalue weighted by molar-refractivity contribution is -0.120. The van der Waals surface area contributed by atoms with Crippen LogP contribution in [0, 0.1) is 6.92 Å². The lowest BCUT2D eigenvalue weighted by atomic mass is 10.0. The first kappa shape index (κ1) is 21.6. The Balaban J connectivity index is 2.02. The van der Waals surface area contributed by atoms with Gasteiger partial charge in [0, 0.05) is 32.4 Å². The van der Waals surface area contributed by atoms with Crippen molar-refractivity contribution in [3.63, 3.8) is 0 Å². The first-order valence-electron chi connectivity index (χ1n) is 10.3. The average molecular weight is 408 g/mol. The fraction of sp³-hybridized carbons (Fsp3) is 0.333. The van der Waals surface area contributed by atoms with E-state index in [0.717, 1.165) is 24.3 Å². The van der Waals surface area contributed by atoms with Gasteiger partial charge >= 0.3 is 0 Å². The molecule has 6 nitrogen and oxygen atoms in total. The fourth-order valence-electron chi connectivity index (χ4n) is 3.75. The minimum atomic E-state index is -0.373. The van der Waals surface area contributed by atoms with E-state index in [-0.39, 0.29) is 25.0 Å². The van der Waals surface area contributed by atoms with Crippen LogP contribution >= 0.6 is 0 Å². The number of carbonyl (C=O) groups is 2. The predicted octanol–water partition coefficient (Wildman–Crippen LogP) is 3.05. The molecule has 0 saturated heterocycles. The number of amides is 2. The second-order valence-corrected chi connectivity index (χ2v) is 7.37. The van der Waals surface area contributed by atoms with Gasteiger partial charge in [0.2, 0.25) is 0 Å². The Kier molecular flexibility index (Phi) is 6.57. The zero-order chi connectivity index (χ0) is 21.8. The highest BCUT2D eigenvalue weighted by Crippen LogP contribution is 2.35. The Morgan fingerprint density at radius 3 is 2.03 bits per heavy atom. The number of hydrogen-bond donors (Lipinski definition) is 1. The third-order valence-electron chi connectivity index (χ3n) is 5.45. The lowest BCUT2D eigenvalue weighted by Gasteiger charge is -2.23. The van der Waals surface area contributed by atoms with Crippen molar-refractivity contribution in [2.75, 3.05) is 43.1 Å². The molecule has 1 N–H and O–H groups in total. The maximum Gasteiger partial charge on any atom is 0.282 e. The molecule has 3 rings (SSSR count). The normalized spacial score (nSPS) is 14.0. The first-order chi connectivity index (χ1) is 14.4. The van der Waals surface area contributed by atoms with E-state index in [4.69, 9.17) is 0 Å². The molecule has 0 unspecified atom stereocenters. The molecule has 1 aliphatic heterocycles. The molecule has 0 saturated carbocycles. The Labute approximate surface area is 178 Å². The summed E-state index contributed by atoms with van der Waals surface area (Å²) in [7, 11) is 1.72. The smallest absolute Gasteiger partial charge is 0.282 e. The standard InChI is InChI=1S/C24H29N3O3/c1-5-26(6-2)19-11-13-20(14-12-19)27-23(29)21(18-9-7-17(3)8-10-18)22(24(27)30)25(4)15-16-28/h7-14,28H,5-6,15-16H2,1-4H3. The third kappa shape index (κ3) is 3.96. The van der Waals surface area contributed by atoms with E-state index < -0.39 is 0 Å². The van der Waals surface area contributed by atoms with Gasteiger partial charge in [-0.2, -0.15) is 0 Å². The minimum Gasteiger partial charge on any atom is -0.395 e. The number of anilines is 2. The van der Waals surface area contributed by atoms with Crippen molar-refractivity contribution in [2.45, 2.75) is 20.8 Å². The van der Waals surface area contributed by atoms with Crippen LogP contribution in [0.15, 0.2) is 54.2 Å². The Bertz CT molecular complexity index is 945. The Morgan fingerprint density at radius 1 is 0.900 bits per heavy atom. The van der Waals surface area contributed by atoms with Gasteiger partial charge in [-0.05, 0) is 50.6 Å². The molecule has 0 spiro atoms. The van der Waals surface area contributed by atoms with Gasteiger partial charge in [0.1, 0.15) is 5.70 Å². The van der Waals surface area contributed by atoms with Crippen LogP contribution in [0.5, 0.6) is 0 Å². The summed E-state index contributed by atoms with van der Waals surface area (Å²) in [5, 5.41) is 9.38. The van der Waals surface area contributed by atoms with Gasteiger partial charge < -0.3 is 14.9 Å². The molecule has 0 fully saturated rings. The Hall–Kier alpha value is -3.12. The average Bonchev–Trinajstić information content (AvgIpc) is 3.00. The second kappa shape index (κ2) is 9.13. The zero-order valence-corrected chi connectivity index (χ0v) is 18.1. The molecule has 2 aromatic rings. The third-order valence-corrected chi connectivity index (χ3v) is 5.45.